The fourth-order valence-electron chi connectivity index (χ4n) is 2.74. The highest BCUT2D eigenvalue weighted by molar-refractivity contribution is 5.78. The van der Waals surface area contributed by atoms with Gasteiger partial charge in [-0.05, 0) is 40.0 Å². The molecular weight excluding hydrogens is 296 g/mol. The first-order valence-electron chi connectivity index (χ1n) is 8.49. The average molecular weight is 326 g/mol. The van der Waals surface area contributed by atoms with Crippen molar-refractivity contribution >= 4 is 12.1 Å². The van der Waals surface area contributed by atoms with Crippen LogP contribution in [-0.4, -0.2) is 72.9 Å². The number of nitrogens with two attached hydrogens (primary N) is 1. The van der Waals surface area contributed by atoms with E-state index in [2.05, 4.69) is 4.99 Å². The summed E-state index contributed by atoms with van der Waals surface area (Å²) in [5, 5.41) is 0. The number of amides is 1. The molecule has 7 heteroatoms. The van der Waals surface area contributed by atoms with Gasteiger partial charge in [0.1, 0.15) is 5.60 Å². The van der Waals surface area contributed by atoms with E-state index in [0.717, 1.165) is 25.9 Å². The molecule has 7 nitrogen and oxygen atoms in total. The first-order chi connectivity index (χ1) is 10.8. The first kappa shape index (κ1) is 17.8. The monoisotopic (exact) mass is 326 g/mol. The molecule has 0 spiro atoms. The van der Waals surface area contributed by atoms with Gasteiger partial charge in [-0.2, -0.15) is 0 Å². The van der Waals surface area contributed by atoms with Crippen LogP contribution in [0.15, 0.2) is 4.99 Å². The molecule has 0 radical (unpaired) electrons. The third-order valence-corrected chi connectivity index (χ3v) is 4.00. The van der Waals surface area contributed by atoms with Crippen LogP contribution in [0.1, 0.15) is 40.0 Å². The Labute approximate surface area is 138 Å². The van der Waals surface area contributed by atoms with E-state index in [4.69, 9.17) is 15.2 Å². The summed E-state index contributed by atoms with van der Waals surface area (Å²) >= 11 is 0. The van der Waals surface area contributed by atoms with Gasteiger partial charge in [-0.25, -0.2) is 4.79 Å². The van der Waals surface area contributed by atoms with Crippen molar-refractivity contribution in [3.05, 3.63) is 0 Å². The lowest BCUT2D eigenvalue weighted by atomic mass is 10.2. The minimum atomic E-state index is -0.461. The van der Waals surface area contributed by atoms with Crippen LogP contribution < -0.4 is 5.73 Å². The second-order valence-electron chi connectivity index (χ2n) is 7.12. The number of hydrogen-bond donors (Lipinski definition) is 1. The van der Waals surface area contributed by atoms with Gasteiger partial charge in [0, 0.05) is 39.3 Å². The molecule has 132 valence electrons. The number of nitrogens with zero attached hydrogens (tertiary/aromatic N) is 3. The number of ether oxygens (including phenoxy) is 2. The predicted octanol–water partition coefficient (Wildman–Crippen LogP) is 1.42. The number of carbonyl (C=O) groups excluding carboxylic acids is 1. The van der Waals surface area contributed by atoms with E-state index in [-0.39, 0.29) is 6.09 Å². The minimum Gasteiger partial charge on any atom is -0.444 e. The molecule has 0 aromatic carbocycles. The van der Waals surface area contributed by atoms with E-state index >= 15 is 0 Å². The van der Waals surface area contributed by atoms with Crippen LogP contribution in [-0.2, 0) is 9.47 Å². The highest BCUT2D eigenvalue weighted by atomic mass is 16.6. The predicted molar refractivity (Wildman–Crippen MR) is 89.5 cm³/mol. The molecule has 2 N–H and O–H groups in total. The summed E-state index contributed by atoms with van der Waals surface area (Å²) < 4.78 is 11.0. The van der Waals surface area contributed by atoms with Crippen molar-refractivity contribution < 1.29 is 14.3 Å². The van der Waals surface area contributed by atoms with Crippen molar-refractivity contribution in [3.63, 3.8) is 0 Å². The number of rotatable bonds is 3. The van der Waals surface area contributed by atoms with Crippen LogP contribution in [0.25, 0.3) is 0 Å². The Morgan fingerprint density at radius 1 is 1.26 bits per heavy atom. The van der Waals surface area contributed by atoms with Crippen LogP contribution >= 0.6 is 0 Å². The molecule has 0 aliphatic carbocycles. The Balaban J connectivity index is 1.71. The van der Waals surface area contributed by atoms with Gasteiger partial charge in [0.25, 0.3) is 0 Å². The molecule has 2 fully saturated rings. The van der Waals surface area contributed by atoms with Gasteiger partial charge in [-0.3, -0.25) is 4.99 Å². The molecule has 2 aliphatic rings. The Kier molecular flexibility index (Phi) is 6.10. The molecule has 0 saturated carbocycles. The zero-order valence-corrected chi connectivity index (χ0v) is 14.6. The van der Waals surface area contributed by atoms with E-state index in [1.54, 1.807) is 4.90 Å². The SMILES string of the molecule is CC(C)(C)OC(=O)N1CCN(C(N)=NCCC2CCCO2)CC1. The number of guanidine groups is 1. The first-order valence-corrected chi connectivity index (χ1v) is 8.49. The van der Waals surface area contributed by atoms with E-state index in [0.29, 0.717) is 44.8 Å². The van der Waals surface area contributed by atoms with Crippen molar-refractivity contribution in [2.45, 2.75) is 51.7 Å². The van der Waals surface area contributed by atoms with E-state index < -0.39 is 5.60 Å². The van der Waals surface area contributed by atoms with Gasteiger partial charge >= 0.3 is 6.09 Å². The summed E-state index contributed by atoms with van der Waals surface area (Å²) in [6, 6.07) is 0. The molecule has 1 amide bonds. The summed E-state index contributed by atoms with van der Waals surface area (Å²) in [5.41, 5.74) is 5.60. The van der Waals surface area contributed by atoms with E-state index in [1.165, 1.54) is 0 Å². The fraction of sp³-hybridized carbons (Fsp3) is 0.875. The topological polar surface area (TPSA) is 80.4 Å². The van der Waals surface area contributed by atoms with Crippen molar-refractivity contribution in [2.75, 3.05) is 39.3 Å². The summed E-state index contributed by atoms with van der Waals surface area (Å²) in [6.07, 6.45) is 3.29. The molecule has 2 heterocycles. The second kappa shape index (κ2) is 7.86. The molecule has 1 atom stereocenters. The van der Waals surface area contributed by atoms with Gasteiger partial charge in [0.2, 0.25) is 0 Å². The van der Waals surface area contributed by atoms with Gasteiger partial charge in [-0.1, -0.05) is 0 Å². The Morgan fingerprint density at radius 3 is 2.48 bits per heavy atom. The lowest BCUT2D eigenvalue weighted by molar-refractivity contribution is 0.0186. The maximum Gasteiger partial charge on any atom is 0.410 e. The second-order valence-corrected chi connectivity index (χ2v) is 7.12. The zero-order valence-electron chi connectivity index (χ0n) is 14.6. The van der Waals surface area contributed by atoms with E-state index in [9.17, 15) is 4.79 Å². The normalized spacial score (nSPS) is 23.3. The number of aliphatic imine (C=N–C) groups is 1. The molecule has 23 heavy (non-hydrogen) atoms. The van der Waals surface area contributed by atoms with Crippen LogP contribution in [0.4, 0.5) is 4.79 Å². The third-order valence-electron chi connectivity index (χ3n) is 4.00. The summed E-state index contributed by atoms with van der Waals surface area (Å²) in [6.45, 7) is 9.79. The quantitative estimate of drug-likeness (QED) is 0.627. The van der Waals surface area contributed by atoms with Crippen molar-refractivity contribution in [1.82, 2.24) is 9.80 Å². The van der Waals surface area contributed by atoms with Gasteiger partial charge in [0.05, 0.1) is 6.10 Å². The highest BCUT2D eigenvalue weighted by Crippen LogP contribution is 2.15. The van der Waals surface area contributed by atoms with Gasteiger partial charge < -0.3 is 25.0 Å². The lowest BCUT2D eigenvalue weighted by Crippen LogP contribution is -2.53. The van der Waals surface area contributed by atoms with Crippen molar-refractivity contribution in [2.24, 2.45) is 10.7 Å². The lowest BCUT2D eigenvalue weighted by Gasteiger charge is -2.36. The minimum absolute atomic E-state index is 0.258. The van der Waals surface area contributed by atoms with E-state index in [1.807, 2.05) is 25.7 Å². The Bertz CT molecular complexity index is 420. The molecule has 2 rings (SSSR count). The van der Waals surface area contributed by atoms with Gasteiger partial charge in [-0.15, -0.1) is 0 Å². The standard InChI is InChI=1S/C16H30N4O3/c1-16(2,3)23-15(21)20-10-8-19(9-11-20)14(17)18-7-6-13-5-4-12-22-13/h13H,4-12H2,1-3H3,(H2,17,18). The van der Waals surface area contributed by atoms with Crippen molar-refractivity contribution in [1.29, 1.82) is 0 Å². The highest BCUT2D eigenvalue weighted by Gasteiger charge is 2.26. The van der Waals surface area contributed by atoms with Gasteiger partial charge in [0.15, 0.2) is 5.96 Å². The number of hydrogen-bond acceptors (Lipinski definition) is 4. The zero-order chi connectivity index (χ0) is 16.9. The van der Waals surface area contributed by atoms with Crippen molar-refractivity contribution in [3.8, 4) is 0 Å². The Morgan fingerprint density at radius 2 is 1.91 bits per heavy atom. The summed E-state index contributed by atoms with van der Waals surface area (Å²) in [4.78, 5) is 20.2. The fourth-order valence-corrected chi connectivity index (χ4v) is 2.74. The molecule has 0 bridgehead atoms. The van der Waals surface area contributed by atoms with Crippen LogP contribution in [0.3, 0.4) is 0 Å². The molecule has 0 aromatic heterocycles. The maximum atomic E-state index is 12.0. The Hall–Kier alpha value is -1.50. The average Bonchev–Trinajstić information content (AvgIpc) is 2.99. The molecule has 2 saturated heterocycles. The smallest absolute Gasteiger partial charge is 0.410 e. The maximum absolute atomic E-state index is 12.0. The molecule has 1 unspecified atom stereocenters. The largest absolute Gasteiger partial charge is 0.444 e. The summed E-state index contributed by atoms with van der Waals surface area (Å²) in [7, 11) is 0. The molecule has 2 aliphatic heterocycles. The van der Waals surface area contributed by atoms with Crippen LogP contribution in [0, 0.1) is 0 Å². The third kappa shape index (κ3) is 5.89. The molecule has 0 aromatic rings. The molecular formula is C16H30N4O3. The summed E-state index contributed by atoms with van der Waals surface area (Å²) in [5.74, 6) is 0.562. The van der Waals surface area contributed by atoms with Crippen LogP contribution in [0.2, 0.25) is 0 Å². The number of carbonyl (C=O) groups is 1. The van der Waals surface area contributed by atoms with Crippen LogP contribution in [0.5, 0.6) is 0 Å². The number of piperazine rings is 1.